The van der Waals surface area contributed by atoms with Crippen molar-refractivity contribution < 1.29 is 0 Å². The van der Waals surface area contributed by atoms with Crippen LogP contribution in [0.25, 0.3) is 11.0 Å². The lowest BCUT2D eigenvalue weighted by Gasteiger charge is -2.57. The summed E-state index contributed by atoms with van der Waals surface area (Å²) in [5, 5.41) is 9.00. The predicted molar refractivity (Wildman–Crippen MR) is 117 cm³/mol. The molecule has 0 radical (unpaired) electrons. The second-order valence-electron chi connectivity index (χ2n) is 10.8. The number of nitrogens with one attached hydrogen (secondary N) is 1. The van der Waals surface area contributed by atoms with Crippen molar-refractivity contribution in [3.8, 4) is 0 Å². The maximum absolute atomic E-state index is 9.00. The molecule has 2 aromatic rings. The number of hydrogen-bond acceptors (Lipinski definition) is 2. The van der Waals surface area contributed by atoms with Crippen LogP contribution in [-0.2, 0) is 13.1 Å². The minimum atomic E-state index is 0.590. The van der Waals surface area contributed by atoms with E-state index in [9.17, 15) is 0 Å². The van der Waals surface area contributed by atoms with E-state index in [0.717, 1.165) is 43.0 Å². The van der Waals surface area contributed by atoms with Crippen LogP contribution in [0.1, 0.15) is 57.8 Å². The van der Waals surface area contributed by atoms with E-state index in [1.807, 2.05) is 0 Å². The molecular formula is C25H36N4. The summed E-state index contributed by atoms with van der Waals surface area (Å²) in [6.45, 7) is 5.53. The molecule has 1 aliphatic heterocycles. The minimum Gasteiger partial charge on any atom is -0.310 e. The van der Waals surface area contributed by atoms with Crippen molar-refractivity contribution in [2.75, 3.05) is 19.6 Å². The highest BCUT2D eigenvalue weighted by molar-refractivity contribution is 5.75. The highest BCUT2D eigenvalue weighted by Gasteiger charge is 2.50. The van der Waals surface area contributed by atoms with Gasteiger partial charge in [-0.15, -0.1) is 0 Å². The van der Waals surface area contributed by atoms with Crippen LogP contribution in [0.4, 0.5) is 0 Å². The van der Waals surface area contributed by atoms with Crippen molar-refractivity contribution in [1.29, 1.82) is 5.41 Å². The van der Waals surface area contributed by atoms with Gasteiger partial charge in [0.05, 0.1) is 11.0 Å². The predicted octanol–water partition coefficient (Wildman–Crippen LogP) is 4.62. The number of nitrogens with zero attached hydrogens (tertiary/aromatic N) is 3. The fourth-order valence-corrected chi connectivity index (χ4v) is 7.94. The molecule has 1 aromatic carbocycles. The zero-order valence-corrected chi connectivity index (χ0v) is 17.8. The minimum absolute atomic E-state index is 0.590. The van der Waals surface area contributed by atoms with Gasteiger partial charge in [0.25, 0.3) is 0 Å². The lowest BCUT2D eigenvalue weighted by atomic mass is 9.49. The second kappa shape index (κ2) is 7.01. The molecule has 7 rings (SSSR count). The maximum atomic E-state index is 9.00. The van der Waals surface area contributed by atoms with E-state index in [0.29, 0.717) is 5.41 Å². The van der Waals surface area contributed by atoms with Crippen molar-refractivity contribution in [3.63, 3.8) is 0 Å². The topological polar surface area (TPSA) is 37.0 Å². The van der Waals surface area contributed by atoms with Crippen LogP contribution in [0.3, 0.4) is 0 Å². The zero-order valence-electron chi connectivity index (χ0n) is 17.8. The average molecular weight is 393 g/mol. The monoisotopic (exact) mass is 392 g/mol. The van der Waals surface area contributed by atoms with E-state index in [4.69, 9.17) is 5.41 Å². The largest absolute Gasteiger partial charge is 0.310 e. The van der Waals surface area contributed by atoms with Crippen molar-refractivity contribution >= 4 is 11.0 Å². The van der Waals surface area contributed by atoms with Crippen LogP contribution in [0.2, 0.25) is 0 Å². The summed E-state index contributed by atoms with van der Waals surface area (Å²) in [5.41, 5.74) is 3.83. The van der Waals surface area contributed by atoms with Gasteiger partial charge in [-0.1, -0.05) is 12.1 Å². The van der Waals surface area contributed by atoms with Gasteiger partial charge in [0, 0.05) is 19.6 Å². The quantitative estimate of drug-likeness (QED) is 0.765. The molecule has 29 heavy (non-hydrogen) atoms. The zero-order chi connectivity index (χ0) is 19.4. The molecule has 1 saturated heterocycles. The van der Waals surface area contributed by atoms with E-state index in [-0.39, 0.29) is 0 Å². The molecule has 156 valence electrons. The maximum Gasteiger partial charge on any atom is 0.203 e. The third kappa shape index (κ3) is 3.19. The Morgan fingerprint density at radius 1 is 0.793 bits per heavy atom. The molecule has 0 spiro atoms. The Labute approximate surface area is 174 Å². The van der Waals surface area contributed by atoms with Gasteiger partial charge in [-0.2, -0.15) is 0 Å². The number of aryl methyl sites for hydroxylation is 1. The second-order valence-corrected chi connectivity index (χ2v) is 10.8. The van der Waals surface area contributed by atoms with Gasteiger partial charge in [0.2, 0.25) is 5.62 Å². The molecule has 1 aromatic heterocycles. The van der Waals surface area contributed by atoms with Crippen LogP contribution in [0.5, 0.6) is 0 Å². The van der Waals surface area contributed by atoms with Crippen LogP contribution < -0.4 is 5.62 Å². The first-order valence-electron chi connectivity index (χ1n) is 12.1. The molecule has 5 fully saturated rings. The molecule has 4 heteroatoms. The highest BCUT2D eigenvalue weighted by atomic mass is 15.2. The Morgan fingerprint density at radius 3 is 1.93 bits per heavy atom. The van der Waals surface area contributed by atoms with Crippen LogP contribution >= 0.6 is 0 Å². The van der Waals surface area contributed by atoms with E-state index >= 15 is 0 Å². The Balaban J connectivity index is 1.25. The number of imidazole rings is 1. The van der Waals surface area contributed by atoms with E-state index in [1.54, 1.807) is 0 Å². The molecular weight excluding hydrogens is 356 g/mol. The molecule has 4 aliphatic carbocycles. The molecule has 4 nitrogen and oxygen atoms in total. The first-order chi connectivity index (χ1) is 14.2. The van der Waals surface area contributed by atoms with Gasteiger partial charge < -0.3 is 14.0 Å². The molecule has 2 heterocycles. The Kier molecular flexibility index (Phi) is 4.41. The van der Waals surface area contributed by atoms with Gasteiger partial charge in [-0.05, 0) is 106 Å². The normalized spacial score (nSPS) is 33.9. The molecule has 4 saturated carbocycles. The van der Waals surface area contributed by atoms with Crippen LogP contribution in [-0.4, -0.2) is 33.7 Å². The van der Waals surface area contributed by atoms with Crippen molar-refractivity contribution in [2.24, 2.45) is 23.2 Å². The first kappa shape index (κ1) is 18.2. The first-order valence-corrected chi connectivity index (χ1v) is 12.1. The third-order valence-corrected chi connectivity index (χ3v) is 8.84. The highest BCUT2D eigenvalue weighted by Crippen LogP contribution is 2.61. The Morgan fingerprint density at radius 2 is 1.34 bits per heavy atom. The van der Waals surface area contributed by atoms with Gasteiger partial charge >= 0.3 is 0 Å². The smallest absolute Gasteiger partial charge is 0.203 e. The van der Waals surface area contributed by atoms with Gasteiger partial charge in [0.1, 0.15) is 0 Å². The summed E-state index contributed by atoms with van der Waals surface area (Å²) >= 11 is 0. The fraction of sp³-hybridized carbons (Fsp3) is 0.720. The number of hydrogen-bond donors (Lipinski definition) is 1. The number of rotatable bonds is 6. The van der Waals surface area contributed by atoms with Crippen molar-refractivity contribution in [3.05, 3.63) is 29.9 Å². The van der Waals surface area contributed by atoms with Gasteiger partial charge in [0.15, 0.2) is 0 Å². The van der Waals surface area contributed by atoms with Gasteiger partial charge in [-0.25, -0.2) is 0 Å². The number of aromatic nitrogens is 2. The summed E-state index contributed by atoms with van der Waals surface area (Å²) in [6.07, 6.45) is 12.9. The molecule has 5 aliphatic rings. The van der Waals surface area contributed by atoms with Crippen molar-refractivity contribution in [2.45, 2.75) is 70.9 Å². The summed E-state index contributed by atoms with van der Waals surface area (Å²) < 4.78 is 4.60. The van der Waals surface area contributed by atoms with E-state index in [2.05, 4.69) is 38.3 Å². The Hall–Kier alpha value is -1.55. The van der Waals surface area contributed by atoms with Crippen molar-refractivity contribution in [1.82, 2.24) is 14.0 Å². The number of para-hydroxylation sites is 2. The summed E-state index contributed by atoms with van der Waals surface area (Å²) in [7, 11) is 0. The summed E-state index contributed by atoms with van der Waals surface area (Å²) in [4.78, 5) is 2.56. The number of fused-ring (bicyclic) bond motifs is 1. The molecule has 1 N–H and O–H groups in total. The van der Waals surface area contributed by atoms with Crippen LogP contribution in [0, 0.1) is 28.6 Å². The van der Waals surface area contributed by atoms with Gasteiger partial charge in [-0.3, -0.25) is 5.41 Å². The third-order valence-electron chi connectivity index (χ3n) is 8.84. The van der Waals surface area contributed by atoms with E-state index in [1.165, 1.54) is 81.9 Å². The molecule has 0 unspecified atom stereocenters. The summed E-state index contributed by atoms with van der Waals surface area (Å²) in [5.74, 6) is 3.05. The number of likely N-dealkylation sites (tertiary alicyclic amines) is 1. The molecule has 4 bridgehead atoms. The van der Waals surface area contributed by atoms with E-state index < -0.39 is 0 Å². The molecule has 0 atom stereocenters. The average Bonchev–Trinajstić information content (AvgIpc) is 3.30. The van der Waals surface area contributed by atoms with Crippen LogP contribution in [0.15, 0.2) is 24.3 Å². The Bertz CT molecular complexity index is 910. The SMILES string of the molecule is N=c1n(CCN2CCCC2)c2ccccc2n1CCC12CC3CC(CC(C3)C1)C2. The standard InChI is InChI=1S/C25H36N4/c26-24-28(10-7-25-16-19-13-20(17-25)15-21(14-19)18-25)22-5-1-2-6-23(22)29(24)12-11-27-8-3-4-9-27/h1-2,5-6,19-21,26H,3-4,7-18H2. The molecule has 0 amide bonds. The number of benzene rings is 1. The summed E-state index contributed by atoms with van der Waals surface area (Å²) in [6, 6.07) is 8.74. The fourth-order valence-electron chi connectivity index (χ4n) is 7.94. The lowest BCUT2D eigenvalue weighted by molar-refractivity contribution is -0.0592. The lowest BCUT2D eigenvalue weighted by Crippen LogP contribution is -2.46.